The Morgan fingerprint density at radius 3 is 2.96 bits per heavy atom. The smallest absolute Gasteiger partial charge is 0.193 e. The molecular formula is C20H28N6. The summed E-state index contributed by atoms with van der Waals surface area (Å²) in [7, 11) is 4.00. The highest BCUT2D eigenvalue weighted by molar-refractivity contribution is 5.83. The zero-order chi connectivity index (χ0) is 18.4. The highest BCUT2D eigenvalue weighted by Gasteiger charge is 2.08. The van der Waals surface area contributed by atoms with Crippen LogP contribution < -0.4 is 5.32 Å². The fourth-order valence-corrected chi connectivity index (χ4v) is 3.16. The molecule has 2 aromatic heterocycles. The molecule has 0 bridgehead atoms. The molecule has 0 spiro atoms. The molecule has 0 amide bonds. The first-order chi connectivity index (χ1) is 12.7. The van der Waals surface area contributed by atoms with E-state index in [4.69, 9.17) is 4.99 Å². The van der Waals surface area contributed by atoms with Gasteiger partial charge in [0.25, 0.3) is 0 Å². The number of nitrogens with one attached hydrogen (secondary N) is 2. The van der Waals surface area contributed by atoms with E-state index in [0.29, 0.717) is 0 Å². The Kier molecular flexibility index (Phi) is 5.94. The quantitative estimate of drug-likeness (QED) is 0.390. The van der Waals surface area contributed by atoms with E-state index in [1.165, 1.54) is 22.0 Å². The summed E-state index contributed by atoms with van der Waals surface area (Å²) < 4.78 is 1.83. The molecule has 3 aromatic rings. The van der Waals surface area contributed by atoms with Crippen molar-refractivity contribution in [1.82, 2.24) is 25.0 Å². The van der Waals surface area contributed by atoms with Crippen LogP contribution in [-0.2, 0) is 20.0 Å². The molecule has 0 radical (unpaired) electrons. The highest BCUT2D eigenvalue weighted by atomic mass is 15.3. The molecule has 3 rings (SSSR count). The van der Waals surface area contributed by atoms with Gasteiger partial charge >= 0.3 is 0 Å². The van der Waals surface area contributed by atoms with Gasteiger partial charge < -0.3 is 15.2 Å². The minimum atomic E-state index is 0.794. The van der Waals surface area contributed by atoms with Crippen molar-refractivity contribution in [1.29, 1.82) is 0 Å². The van der Waals surface area contributed by atoms with Gasteiger partial charge in [-0.15, -0.1) is 0 Å². The molecule has 0 atom stereocenters. The Bertz CT molecular complexity index is 860. The number of H-pyrrole nitrogens is 1. The number of aromatic nitrogens is 3. The Hall–Kier alpha value is -2.76. The molecule has 26 heavy (non-hydrogen) atoms. The number of aliphatic imine (C=N–C) groups is 1. The largest absolute Gasteiger partial charge is 0.361 e. The van der Waals surface area contributed by atoms with Crippen molar-refractivity contribution in [3.63, 3.8) is 0 Å². The molecule has 2 N–H and O–H groups in total. The molecule has 0 fully saturated rings. The molecule has 0 saturated heterocycles. The number of hydrogen-bond donors (Lipinski definition) is 2. The third-order valence-corrected chi connectivity index (χ3v) is 4.42. The van der Waals surface area contributed by atoms with E-state index >= 15 is 0 Å². The van der Waals surface area contributed by atoms with Crippen LogP contribution in [0.5, 0.6) is 0 Å². The SMILES string of the molecule is CCNC(=NCCCc1c[nH]c2ccccc12)N(C)Cc1cnn(C)c1. The summed E-state index contributed by atoms with van der Waals surface area (Å²) in [4.78, 5) is 10.3. The number of fused-ring (bicyclic) bond motifs is 1. The molecule has 138 valence electrons. The van der Waals surface area contributed by atoms with Gasteiger partial charge in [-0.05, 0) is 31.4 Å². The molecule has 0 aliphatic rings. The average molecular weight is 352 g/mol. The highest BCUT2D eigenvalue weighted by Crippen LogP contribution is 2.18. The van der Waals surface area contributed by atoms with Crippen LogP contribution >= 0.6 is 0 Å². The summed E-state index contributed by atoms with van der Waals surface area (Å²) in [5.74, 6) is 0.940. The maximum atomic E-state index is 4.79. The van der Waals surface area contributed by atoms with Gasteiger partial charge in [-0.3, -0.25) is 9.67 Å². The lowest BCUT2D eigenvalue weighted by atomic mass is 10.1. The predicted octanol–water partition coefficient (Wildman–Crippen LogP) is 2.93. The summed E-state index contributed by atoms with van der Waals surface area (Å²) in [5, 5.41) is 8.92. The van der Waals surface area contributed by atoms with Gasteiger partial charge in [0.05, 0.1) is 6.20 Å². The van der Waals surface area contributed by atoms with Gasteiger partial charge in [0.1, 0.15) is 0 Å². The molecule has 0 aliphatic carbocycles. The van der Waals surface area contributed by atoms with E-state index in [1.54, 1.807) is 0 Å². The molecule has 0 unspecified atom stereocenters. The van der Waals surface area contributed by atoms with Crippen molar-refractivity contribution < 1.29 is 0 Å². The van der Waals surface area contributed by atoms with E-state index in [0.717, 1.165) is 38.4 Å². The van der Waals surface area contributed by atoms with Gasteiger partial charge in [0.2, 0.25) is 0 Å². The van der Waals surface area contributed by atoms with Crippen molar-refractivity contribution in [2.24, 2.45) is 12.0 Å². The molecule has 0 saturated carbocycles. The van der Waals surface area contributed by atoms with Gasteiger partial charge in [-0.1, -0.05) is 18.2 Å². The maximum absolute atomic E-state index is 4.79. The van der Waals surface area contributed by atoms with Crippen LogP contribution in [0.2, 0.25) is 0 Å². The van der Waals surface area contributed by atoms with E-state index in [-0.39, 0.29) is 0 Å². The first kappa shape index (κ1) is 18.0. The number of benzene rings is 1. The second kappa shape index (κ2) is 8.56. The number of hydrogen-bond acceptors (Lipinski definition) is 2. The lowest BCUT2D eigenvalue weighted by Crippen LogP contribution is -2.38. The van der Waals surface area contributed by atoms with Crippen molar-refractivity contribution in [3.05, 3.63) is 54.0 Å². The maximum Gasteiger partial charge on any atom is 0.193 e. The Morgan fingerprint density at radius 1 is 1.35 bits per heavy atom. The zero-order valence-electron chi connectivity index (χ0n) is 15.9. The number of guanidine groups is 1. The van der Waals surface area contributed by atoms with E-state index in [9.17, 15) is 0 Å². The molecular weight excluding hydrogens is 324 g/mol. The number of aromatic amines is 1. The minimum Gasteiger partial charge on any atom is -0.361 e. The topological polar surface area (TPSA) is 61.2 Å². The fraction of sp³-hybridized carbons (Fsp3) is 0.400. The molecule has 6 heteroatoms. The number of aryl methyl sites for hydroxylation is 2. The van der Waals surface area contributed by atoms with Crippen LogP contribution in [0.25, 0.3) is 10.9 Å². The first-order valence-corrected chi connectivity index (χ1v) is 9.19. The zero-order valence-corrected chi connectivity index (χ0v) is 15.9. The second-order valence-electron chi connectivity index (χ2n) is 6.58. The van der Waals surface area contributed by atoms with Crippen LogP contribution in [0.15, 0.2) is 47.8 Å². The van der Waals surface area contributed by atoms with Crippen LogP contribution in [0.4, 0.5) is 0 Å². The number of nitrogens with zero attached hydrogens (tertiary/aromatic N) is 4. The van der Waals surface area contributed by atoms with Crippen molar-refractivity contribution in [3.8, 4) is 0 Å². The Balaban J connectivity index is 1.56. The van der Waals surface area contributed by atoms with Crippen LogP contribution in [0, 0.1) is 0 Å². The molecule has 0 aliphatic heterocycles. The second-order valence-corrected chi connectivity index (χ2v) is 6.58. The fourth-order valence-electron chi connectivity index (χ4n) is 3.16. The van der Waals surface area contributed by atoms with Gasteiger partial charge in [-0.25, -0.2) is 0 Å². The summed E-state index contributed by atoms with van der Waals surface area (Å²) in [6, 6.07) is 8.45. The normalized spacial score (nSPS) is 11.9. The Morgan fingerprint density at radius 2 is 2.19 bits per heavy atom. The number of rotatable bonds is 7. The third-order valence-electron chi connectivity index (χ3n) is 4.42. The molecule has 6 nitrogen and oxygen atoms in total. The van der Waals surface area contributed by atoms with Gasteiger partial charge in [0.15, 0.2) is 5.96 Å². The molecule has 1 aromatic carbocycles. The van der Waals surface area contributed by atoms with Crippen LogP contribution in [0.3, 0.4) is 0 Å². The van der Waals surface area contributed by atoms with E-state index < -0.39 is 0 Å². The van der Waals surface area contributed by atoms with Crippen molar-refractivity contribution >= 4 is 16.9 Å². The minimum absolute atomic E-state index is 0.794. The first-order valence-electron chi connectivity index (χ1n) is 9.19. The standard InChI is InChI=1S/C20H28N6/c1-4-21-20(25(2)14-16-12-24-26(3)15-16)22-11-7-8-17-13-23-19-10-6-5-9-18(17)19/h5-6,9-10,12-13,15,23H,4,7-8,11,14H2,1-3H3,(H,21,22). The number of para-hydroxylation sites is 1. The summed E-state index contributed by atoms with van der Waals surface area (Å²) >= 11 is 0. The van der Waals surface area contributed by atoms with Gasteiger partial charge in [0, 0.05) is 62.6 Å². The summed E-state index contributed by atoms with van der Waals surface area (Å²) in [5.41, 5.74) is 3.75. The summed E-state index contributed by atoms with van der Waals surface area (Å²) in [6.07, 6.45) is 8.11. The van der Waals surface area contributed by atoms with Crippen LogP contribution in [-0.4, -0.2) is 45.8 Å². The van der Waals surface area contributed by atoms with E-state index in [2.05, 4.69) is 64.7 Å². The van der Waals surface area contributed by atoms with Crippen molar-refractivity contribution in [2.75, 3.05) is 20.1 Å². The lowest BCUT2D eigenvalue weighted by molar-refractivity contribution is 0.476. The summed E-state index contributed by atoms with van der Waals surface area (Å²) in [6.45, 7) is 4.55. The van der Waals surface area contributed by atoms with Gasteiger partial charge in [-0.2, -0.15) is 5.10 Å². The van der Waals surface area contributed by atoms with E-state index in [1.807, 2.05) is 24.1 Å². The monoisotopic (exact) mass is 352 g/mol. The van der Waals surface area contributed by atoms with Crippen molar-refractivity contribution in [2.45, 2.75) is 26.3 Å². The third kappa shape index (κ3) is 4.45. The average Bonchev–Trinajstić information content (AvgIpc) is 3.24. The van der Waals surface area contributed by atoms with Crippen LogP contribution in [0.1, 0.15) is 24.5 Å². The Labute approximate surface area is 154 Å². The predicted molar refractivity (Wildman–Crippen MR) is 107 cm³/mol. The molecule has 2 heterocycles. The lowest BCUT2D eigenvalue weighted by Gasteiger charge is -2.21.